The van der Waals surface area contributed by atoms with Crippen molar-refractivity contribution in [3.63, 3.8) is 0 Å². The molecule has 0 amide bonds. The molecule has 6 nitrogen and oxygen atoms in total. The van der Waals surface area contributed by atoms with Crippen molar-refractivity contribution in [1.29, 1.82) is 5.26 Å². The highest BCUT2D eigenvalue weighted by Crippen LogP contribution is 2.32. The van der Waals surface area contributed by atoms with E-state index in [2.05, 4.69) is 0 Å². The third-order valence-corrected chi connectivity index (χ3v) is 4.02. The average molecular weight is 365 g/mol. The van der Waals surface area contributed by atoms with Crippen molar-refractivity contribution in [3.05, 3.63) is 67.2 Å². The second-order valence-corrected chi connectivity index (χ2v) is 5.59. The lowest BCUT2D eigenvalue weighted by Crippen LogP contribution is -2.08. The molecule has 24 heavy (non-hydrogen) atoms. The van der Waals surface area contributed by atoms with Crippen LogP contribution in [0.3, 0.4) is 0 Å². The smallest absolute Gasteiger partial charge is 0.274 e. The molecule has 0 radical (unpaired) electrons. The minimum Gasteiger partial charge on any atom is -0.496 e. The Morgan fingerprint density at radius 3 is 2.54 bits per heavy atom. The summed E-state index contributed by atoms with van der Waals surface area (Å²) >= 11 is 11.7. The second-order valence-electron chi connectivity index (χ2n) is 4.78. The van der Waals surface area contributed by atoms with Gasteiger partial charge in [-0.25, -0.2) is 0 Å². The van der Waals surface area contributed by atoms with Crippen molar-refractivity contribution in [3.8, 4) is 11.8 Å². The van der Waals surface area contributed by atoms with Gasteiger partial charge in [-0.15, -0.1) is 0 Å². The number of hydrogen-bond acceptors (Lipinski definition) is 5. The van der Waals surface area contributed by atoms with Gasteiger partial charge in [0.1, 0.15) is 5.75 Å². The molecule has 8 heteroatoms. The molecule has 0 saturated heterocycles. The van der Waals surface area contributed by atoms with Crippen molar-refractivity contribution in [2.75, 3.05) is 7.11 Å². The van der Waals surface area contributed by atoms with Crippen LogP contribution in [-0.2, 0) is 6.42 Å². The number of nitrogens with zero attached hydrogens (tertiary/aromatic N) is 2. The fourth-order valence-electron chi connectivity index (χ4n) is 2.15. The number of halogens is 2. The number of nitro benzene ring substituents is 1. The lowest BCUT2D eigenvalue weighted by molar-refractivity contribution is -0.385. The summed E-state index contributed by atoms with van der Waals surface area (Å²) in [4.78, 5) is 23.0. The minimum absolute atomic E-state index is 0.0375. The molecule has 0 aromatic heterocycles. The van der Waals surface area contributed by atoms with Gasteiger partial charge in [0.05, 0.1) is 39.3 Å². The van der Waals surface area contributed by atoms with Crippen molar-refractivity contribution >= 4 is 34.7 Å². The van der Waals surface area contributed by atoms with Crippen LogP contribution < -0.4 is 4.74 Å². The maximum Gasteiger partial charge on any atom is 0.274 e. The predicted octanol–water partition coefficient (Wildman–Crippen LogP) is 4.21. The molecule has 0 bridgehead atoms. The molecular weight excluding hydrogens is 355 g/mol. The molecular formula is C16H10Cl2N2O4. The van der Waals surface area contributed by atoms with Crippen LogP contribution in [0.1, 0.15) is 21.5 Å². The molecule has 0 spiro atoms. The van der Waals surface area contributed by atoms with Crippen LogP contribution in [-0.4, -0.2) is 17.8 Å². The Labute approximate surface area is 147 Å². The normalized spacial score (nSPS) is 10.1. The number of rotatable bonds is 5. The third-order valence-electron chi connectivity index (χ3n) is 3.30. The molecule has 0 aliphatic heterocycles. The molecule has 0 unspecified atom stereocenters. The number of hydrogen-bond donors (Lipinski definition) is 0. The number of methoxy groups -OCH3 is 1. The number of carbonyl (C=O) groups is 1. The average Bonchev–Trinajstić information content (AvgIpc) is 2.56. The van der Waals surface area contributed by atoms with Gasteiger partial charge in [-0.2, -0.15) is 5.26 Å². The lowest BCUT2D eigenvalue weighted by atomic mass is 10.00. The van der Waals surface area contributed by atoms with E-state index in [1.807, 2.05) is 6.07 Å². The van der Waals surface area contributed by atoms with Crippen LogP contribution >= 0.6 is 23.2 Å². The topological polar surface area (TPSA) is 93.2 Å². The molecule has 0 heterocycles. The van der Waals surface area contributed by atoms with Gasteiger partial charge in [0.15, 0.2) is 5.78 Å². The summed E-state index contributed by atoms with van der Waals surface area (Å²) in [7, 11) is 1.37. The Morgan fingerprint density at radius 1 is 1.29 bits per heavy atom. The summed E-state index contributed by atoms with van der Waals surface area (Å²) in [5.41, 5.74) is 0.414. The molecule has 2 aromatic carbocycles. The Morgan fingerprint density at radius 2 is 1.96 bits per heavy atom. The number of ketones is 1. The van der Waals surface area contributed by atoms with E-state index in [4.69, 9.17) is 33.2 Å². The maximum absolute atomic E-state index is 12.5. The van der Waals surface area contributed by atoms with Gasteiger partial charge in [-0.05, 0) is 24.3 Å². The fraction of sp³-hybridized carbons (Fsp3) is 0.125. The first-order valence-electron chi connectivity index (χ1n) is 6.61. The number of Topliss-reactive ketones (excluding diaryl/α,β-unsaturated/α-hetero) is 1. The molecule has 0 aliphatic carbocycles. The van der Waals surface area contributed by atoms with E-state index in [9.17, 15) is 14.9 Å². The van der Waals surface area contributed by atoms with Gasteiger partial charge in [0.25, 0.3) is 5.69 Å². The number of nitriles is 1. The number of carbonyl (C=O) groups excluding carboxylic acids is 1. The van der Waals surface area contributed by atoms with Crippen LogP contribution in [0.5, 0.6) is 5.75 Å². The maximum atomic E-state index is 12.5. The van der Waals surface area contributed by atoms with E-state index in [0.717, 1.165) is 6.07 Å². The highest BCUT2D eigenvalue weighted by Gasteiger charge is 2.21. The first kappa shape index (κ1) is 17.7. The second kappa shape index (κ2) is 7.30. The summed E-state index contributed by atoms with van der Waals surface area (Å²) in [6.45, 7) is 0. The Balaban J connectivity index is 2.42. The van der Waals surface area contributed by atoms with Crippen molar-refractivity contribution < 1.29 is 14.5 Å². The van der Waals surface area contributed by atoms with E-state index in [0.29, 0.717) is 5.56 Å². The predicted molar refractivity (Wildman–Crippen MR) is 88.9 cm³/mol. The fourth-order valence-corrected chi connectivity index (χ4v) is 2.49. The lowest BCUT2D eigenvalue weighted by Gasteiger charge is -2.09. The molecule has 0 atom stereocenters. The first-order valence-corrected chi connectivity index (χ1v) is 7.36. The van der Waals surface area contributed by atoms with Gasteiger partial charge in [-0.1, -0.05) is 23.2 Å². The molecule has 0 aliphatic rings. The Bertz CT molecular complexity index is 875. The van der Waals surface area contributed by atoms with E-state index in [1.165, 1.54) is 31.4 Å². The van der Waals surface area contributed by atoms with E-state index < -0.39 is 10.7 Å². The molecule has 2 aromatic rings. The van der Waals surface area contributed by atoms with Gasteiger partial charge < -0.3 is 4.74 Å². The highest BCUT2D eigenvalue weighted by molar-refractivity contribution is 6.42. The summed E-state index contributed by atoms with van der Waals surface area (Å²) in [5.74, 6) is -0.181. The van der Waals surface area contributed by atoms with Gasteiger partial charge in [0.2, 0.25) is 0 Å². The van der Waals surface area contributed by atoms with Crippen molar-refractivity contribution in [2.24, 2.45) is 0 Å². The molecule has 122 valence electrons. The largest absolute Gasteiger partial charge is 0.496 e. The standard InChI is InChI=1S/C16H10Cl2N2O4/c1-24-16-4-9(8-19)2-3-11(16)15(21)6-10-5-12(17)13(18)7-14(10)20(22)23/h2-5,7H,6H2,1H3. The van der Waals surface area contributed by atoms with Gasteiger partial charge in [0, 0.05) is 18.1 Å². The summed E-state index contributed by atoms with van der Waals surface area (Å²) < 4.78 is 5.11. The zero-order chi connectivity index (χ0) is 17.9. The van der Waals surface area contributed by atoms with E-state index in [-0.39, 0.29) is 39.0 Å². The monoisotopic (exact) mass is 364 g/mol. The van der Waals surface area contributed by atoms with E-state index >= 15 is 0 Å². The van der Waals surface area contributed by atoms with Crippen LogP contribution in [0.2, 0.25) is 10.0 Å². The number of nitro groups is 1. The van der Waals surface area contributed by atoms with Crippen LogP contribution in [0.4, 0.5) is 5.69 Å². The number of ether oxygens (including phenoxy) is 1. The van der Waals surface area contributed by atoms with Crippen LogP contribution in [0.15, 0.2) is 30.3 Å². The van der Waals surface area contributed by atoms with Gasteiger partial charge in [-0.3, -0.25) is 14.9 Å². The van der Waals surface area contributed by atoms with Crippen molar-refractivity contribution in [2.45, 2.75) is 6.42 Å². The first-order chi connectivity index (χ1) is 11.4. The zero-order valence-corrected chi connectivity index (χ0v) is 13.9. The molecule has 0 saturated carbocycles. The molecule has 0 fully saturated rings. The third kappa shape index (κ3) is 3.65. The molecule has 0 N–H and O–H groups in total. The summed E-state index contributed by atoms with van der Waals surface area (Å²) in [5, 5.41) is 20.2. The van der Waals surface area contributed by atoms with E-state index in [1.54, 1.807) is 0 Å². The minimum atomic E-state index is -0.624. The van der Waals surface area contributed by atoms with Crippen LogP contribution in [0.25, 0.3) is 0 Å². The number of benzene rings is 2. The zero-order valence-electron chi connectivity index (χ0n) is 12.4. The Kier molecular flexibility index (Phi) is 5.39. The Hall–Kier alpha value is -2.62. The van der Waals surface area contributed by atoms with Crippen LogP contribution in [0, 0.1) is 21.4 Å². The SMILES string of the molecule is COc1cc(C#N)ccc1C(=O)Cc1cc(Cl)c(Cl)cc1[N+](=O)[O-]. The summed E-state index contributed by atoms with van der Waals surface area (Å²) in [6.07, 6.45) is -0.255. The molecule has 2 rings (SSSR count). The van der Waals surface area contributed by atoms with Crippen molar-refractivity contribution in [1.82, 2.24) is 0 Å². The summed E-state index contributed by atoms with van der Waals surface area (Å²) in [6, 6.07) is 8.70. The quantitative estimate of drug-likeness (QED) is 0.450. The van der Waals surface area contributed by atoms with Gasteiger partial charge >= 0.3 is 0 Å². The highest BCUT2D eigenvalue weighted by atomic mass is 35.5.